The second kappa shape index (κ2) is 4.57. The highest BCUT2D eigenvalue weighted by Crippen LogP contribution is 2.38. The van der Waals surface area contributed by atoms with Crippen LogP contribution in [0, 0.1) is 0 Å². The van der Waals surface area contributed by atoms with Gasteiger partial charge in [0.15, 0.2) is 0 Å². The molecule has 1 unspecified atom stereocenters. The molecule has 3 heteroatoms. The Kier molecular flexibility index (Phi) is 3.29. The van der Waals surface area contributed by atoms with Crippen molar-refractivity contribution >= 4 is 5.69 Å². The number of hydrogen-bond donors (Lipinski definition) is 1. The van der Waals surface area contributed by atoms with Crippen molar-refractivity contribution in [1.29, 1.82) is 0 Å². The minimum absolute atomic E-state index is 0.169. The lowest BCUT2D eigenvalue weighted by molar-refractivity contribution is 0.410. The van der Waals surface area contributed by atoms with E-state index in [2.05, 4.69) is 36.2 Å². The quantitative estimate of drug-likeness (QED) is 0.868. The molecule has 1 heterocycles. The largest absolute Gasteiger partial charge is 0.495 e. The fraction of sp³-hybridized carbons (Fsp3) is 0.571. The first-order chi connectivity index (χ1) is 8.08. The third-order valence-electron chi connectivity index (χ3n) is 3.66. The number of ether oxygens (including phenoxy) is 1. The molecule has 0 spiro atoms. The van der Waals surface area contributed by atoms with Gasteiger partial charge in [0, 0.05) is 18.1 Å². The third-order valence-corrected chi connectivity index (χ3v) is 3.66. The Labute approximate surface area is 104 Å². The molecule has 1 N–H and O–H groups in total. The highest BCUT2D eigenvalue weighted by atomic mass is 16.5. The number of benzene rings is 1. The molecule has 0 amide bonds. The number of rotatable bonds is 3. The summed E-state index contributed by atoms with van der Waals surface area (Å²) < 4.78 is 5.46. The molecule has 1 aliphatic rings. The lowest BCUT2D eigenvalue weighted by Crippen LogP contribution is -2.38. The summed E-state index contributed by atoms with van der Waals surface area (Å²) in [6.07, 6.45) is 1.15. The van der Waals surface area contributed by atoms with Gasteiger partial charge in [-0.2, -0.15) is 0 Å². The second-order valence-electron chi connectivity index (χ2n) is 5.28. The highest BCUT2D eigenvalue weighted by Gasteiger charge is 2.38. The first-order valence-corrected chi connectivity index (χ1v) is 6.16. The van der Waals surface area contributed by atoms with Gasteiger partial charge in [-0.25, -0.2) is 0 Å². The Hall–Kier alpha value is -1.22. The number of methoxy groups -OCH3 is 1. The molecule has 1 atom stereocenters. The maximum absolute atomic E-state index is 5.46. The molecule has 0 aliphatic carbocycles. The van der Waals surface area contributed by atoms with E-state index in [9.17, 15) is 0 Å². The van der Waals surface area contributed by atoms with Crippen molar-refractivity contribution in [2.75, 3.05) is 25.6 Å². The minimum Gasteiger partial charge on any atom is -0.495 e. The molecular formula is C14H22N2O. The van der Waals surface area contributed by atoms with E-state index in [1.165, 1.54) is 5.69 Å². The zero-order valence-corrected chi connectivity index (χ0v) is 11.2. The molecule has 1 aliphatic heterocycles. The Balaban J connectivity index is 2.33. The molecule has 1 aromatic rings. The smallest absolute Gasteiger partial charge is 0.142 e. The van der Waals surface area contributed by atoms with Crippen LogP contribution in [0.15, 0.2) is 24.3 Å². The lowest BCUT2D eigenvalue weighted by Gasteiger charge is -2.34. The van der Waals surface area contributed by atoms with E-state index < -0.39 is 0 Å². The molecular weight excluding hydrogens is 212 g/mol. The van der Waals surface area contributed by atoms with E-state index in [1.807, 2.05) is 19.2 Å². The van der Waals surface area contributed by atoms with Crippen molar-refractivity contribution in [3.63, 3.8) is 0 Å². The molecule has 1 fully saturated rings. The monoisotopic (exact) mass is 234 g/mol. The van der Waals surface area contributed by atoms with E-state index in [4.69, 9.17) is 4.74 Å². The van der Waals surface area contributed by atoms with Gasteiger partial charge in [0.2, 0.25) is 0 Å². The molecule has 0 saturated carbocycles. The van der Waals surface area contributed by atoms with E-state index >= 15 is 0 Å². The number of nitrogens with one attached hydrogen (secondary N) is 1. The number of anilines is 1. The number of nitrogens with zero attached hydrogens (tertiary/aromatic N) is 1. The Morgan fingerprint density at radius 2 is 2.06 bits per heavy atom. The summed E-state index contributed by atoms with van der Waals surface area (Å²) in [6.45, 7) is 5.61. The Morgan fingerprint density at radius 3 is 2.65 bits per heavy atom. The van der Waals surface area contributed by atoms with Crippen LogP contribution in [0.3, 0.4) is 0 Å². The number of para-hydroxylation sites is 2. The summed E-state index contributed by atoms with van der Waals surface area (Å²) in [5.74, 6) is 0.956. The minimum atomic E-state index is 0.169. The Morgan fingerprint density at radius 1 is 1.35 bits per heavy atom. The van der Waals surface area contributed by atoms with E-state index in [-0.39, 0.29) is 5.54 Å². The van der Waals surface area contributed by atoms with Crippen LogP contribution >= 0.6 is 0 Å². The van der Waals surface area contributed by atoms with Crippen molar-refractivity contribution in [2.45, 2.75) is 31.8 Å². The topological polar surface area (TPSA) is 24.5 Å². The average molecular weight is 234 g/mol. The molecule has 0 bridgehead atoms. The maximum Gasteiger partial charge on any atom is 0.142 e. The predicted molar refractivity (Wildman–Crippen MR) is 71.9 cm³/mol. The van der Waals surface area contributed by atoms with Crippen LogP contribution in [-0.2, 0) is 0 Å². The van der Waals surface area contributed by atoms with Crippen LogP contribution in [0.25, 0.3) is 0 Å². The van der Waals surface area contributed by atoms with Gasteiger partial charge in [-0.05, 0) is 39.4 Å². The summed E-state index contributed by atoms with van der Waals surface area (Å²) in [7, 11) is 3.77. The van der Waals surface area contributed by atoms with Crippen LogP contribution in [-0.4, -0.2) is 32.3 Å². The normalized spacial score (nSPS) is 22.8. The molecule has 2 rings (SSSR count). The van der Waals surface area contributed by atoms with Gasteiger partial charge < -0.3 is 15.0 Å². The van der Waals surface area contributed by atoms with Crippen molar-refractivity contribution < 1.29 is 4.74 Å². The number of hydrogen-bond acceptors (Lipinski definition) is 3. The van der Waals surface area contributed by atoms with Crippen LogP contribution in [0.4, 0.5) is 5.69 Å². The Bertz CT molecular complexity index is 390. The van der Waals surface area contributed by atoms with Crippen molar-refractivity contribution in [2.24, 2.45) is 0 Å². The van der Waals surface area contributed by atoms with Crippen molar-refractivity contribution in [1.82, 2.24) is 5.32 Å². The summed E-state index contributed by atoms with van der Waals surface area (Å²) in [5, 5.41) is 3.37. The van der Waals surface area contributed by atoms with E-state index in [1.54, 1.807) is 7.11 Å². The predicted octanol–water partition coefficient (Wildman–Crippen LogP) is 2.27. The zero-order valence-electron chi connectivity index (χ0n) is 11.2. The highest BCUT2D eigenvalue weighted by molar-refractivity contribution is 5.61. The van der Waals surface area contributed by atoms with Gasteiger partial charge >= 0.3 is 0 Å². The molecule has 1 saturated heterocycles. The molecule has 0 radical (unpaired) electrons. The van der Waals surface area contributed by atoms with Crippen molar-refractivity contribution in [3.8, 4) is 5.75 Å². The first kappa shape index (κ1) is 12.2. The van der Waals surface area contributed by atoms with Crippen LogP contribution in [0.1, 0.15) is 20.3 Å². The van der Waals surface area contributed by atoms with Gasteiger partial charge in [-0.3, -0.25) is 0 Å². The summed E-state index contributed by atoms with van der Waals surface area (Å²) >= 11 is 0. The second-order valence-corrected chi connectivity index (χ2v) is 5.28. The molecule has 17 heavy (non-hydrogen) atoms. The SMILES string of the molecule is CNC1CN(c2ccccc2OC)C(C)(C)C1. The molecule has 3 nitrogen and oxygen atoms in total. The van der Waals surface area contributed by atoms with E-state index in [0.29, 0.717) is 6.04 Å². The molecule has 94 valence electrons. The average Bonchev–Trinajstić information content (AvgIpc) is 2.64. The van der Waals surface area contributed by atoms with Crippen molar-refractivity contribution in [3.05, 3.63) is 24.3 Å². The molecule has 0 aromatic heterocycles. The van der Waals surface area contributed by atoms with Gasteiger partial charge in [-0.1, -0.05) is 12.1 Å². The summed E-state index contributed by atoms with van der Waals surface area (Å²) in [6, 6.07) is 8.80. The summed E-state index contributed by atoms with van der Waals surface area (Å²) in [5.41, 5.74) is 1.36. The lowest BCUT2D eigenvalue weighted by atomic mass is 10.00. The van der Waals surface area contributed by atoms with Gasteiger partial charge in [0.05, 0.1) is 12.8 Å². The van der Waals surface area contributed by atoms with Crippen LogP contribution < -0.4 is 15.0 Å². The van der Waals surface area contributed by atoms with Gasteiger partial charge in [-0.15, -0.1) is 0 Å². The zero-order chi connectivity index (χ0) is 12.5. The van der Waals surface area contributed by atoms with Crippen LogP contribution in [0.5, 0.6) is 5.75 Å². The van der Waals surface area contributed by atoms with Gasteiger partial charge in [0.1, 0.15) is 5.75 Å². The van der Waals surface area contributed by atoms with Gasteiger partial charge in [0.25, 0.3) is 0 Å². The van der Waals surface area contributed by atoms with E-state index in [0.717, 1.165) is 18.7 Å². The number of likely N-dealkylation sites (N-methyl/N-ethyl adjacent to an activating group) is 1. The summed E-state index contributed by atoms with van der Waals surface area (Å²) in [4.78, 5) is 2.44. The molecule has 1 aromatic carbocycles. The standard InChI is InChI=1S/C14H22N2O/c1-14(2)9-11(15-3)10-16(14)12-7-5-6-8-13(12)17-4/h5-8,11,15H,9-10H2,1-4H3. The first-order valence-electron chi connectivity index (χ1n) is 6.16. The fourth-order valence-electron chi connectivity index (χ4n) is 2.72. The third kappa shape index (κ3) is 2.25. The van der Waals surface area contributed by atoms with Crippen LogP contribution in [0.2, 0.25) is 0 Å². The fourth-order valence-corrected chi connectivity index (χ4v) is 2.72. The maximum atomic E-state index is 5.46.